The van der Waals surface area contributed by atoms with E-state index in [-0.39, 0.29) is 5.91 Å². The van der Waals surface area contributed by atoms with Crippen LogP contribution in [0.3, 0.4) is 0 Å². The maximum Gasteiger partial charge on any atom is 0.253 e. The van der Waals surface area contributed by atoms with Gasteiger partial charge in [-0.25, -0.2) is 0 Å². The highest BCUT2D eigenvalue weighted by molar-refractivity contribution is 5.93. The normalized spacial score (nSPS) is 20.9. The van der Waals surface area contributed by atoms with Crippen molar-refractivity contribution in [1.82, 2.24) is 14.8 Å². The molecule has 1 atom stereocenters. The first-order chi connectivity index (χ1) is 11.6. The van der Waals surface area contributed by atoms with E-state index in [9.17, 15) is 9.90 Å². The topological polar surface area (TPSA) is 56.7 Å². The highest BCUT2D eigenvalue weighted by atomic mass is 16.3. The van der Waals surface area contributed by atoms with Crippen LogP contribution in [0.15, 0.2) is 54.9 Å². The van der Waals surface area contributed by atoms with E-state index in [0.717, 1.165) is 13.1 Å². The zero-order valence-electron chi connectivity index (χ0n) is 13.9. The van der Waals surface area contributed by atoms with E-state index in [1.807, 2.05) is 18.2 Å². The smallest absolute Gasteiger partial charge is 0.253 e. The quantitative estimate of drug-likeness (QED) is 0.911. The zero-order valence-corrected chi connectivity index (χ0v) is 13.9. The number of hydrogen-bond donors (Lipinski definition) is 1. The van der Waals surface area contributed by atoms with E-state index < -0.39 is 5.60 Å². The number of pyridine rings is 1. The molecule has 1 aliphatic rings. The number of rotatable bonds is 5. The van der Waals surface area contributed by atoms with E-state index >= 15 is 0 Å². The molecule has 0 spiro atoms. The maximum atomic E-state index is 12.4. The molecule has 0 unspecified atom stereocenters. The summed E-state index contributed by atoms with van der Waals surface area (Å²) in [4.78, 5) is 20.2. The highest BCUT2D eigenvalue weighted by Gasteiger charge is 2.37. The third kappa shape index (κ3) is 3.99. The number of aliphatic hydroxyl groups is 1. The van der Waals surface area contributed by atoms with Crippen molar-refractivity contribution in [2.45, 2.75) is 18.6 Å². The van der Waals surface area contributed by atoms with Gasteiger partial charge in [0.1, 0.15) is 0 Å². The van der Waals surface area contributed by atoms with Crippen molar-refractivity contribution in [3.8, 4) is 0 Å². The van der Waals surface area contributed by atoms with Crippen LogP contribution in [0.25, 0.3) is 0 Å². The third-order valence-corrected chi connectivity index (χ3v) is 4.47. The van der Waals surface area contributed by atoms with E-state index in [1.54, 1.807) is 36.5 Å². The van der Waals surface area contributed by atoms with Crippen molar-refractivity contribution in [3.05, 3.63) is 66.0 Å². The fourth-order valence-electron chi connectivity index (χ4n) is 3.27. The van der Waals surface area contributed by atoms with Crippen LogP contribution < -0.4 is 0 Å². The number of carbonyl (C=O) groups is 1. The first-order valence-electron chi connectivity index (χ1n) is 8.20. The molecule has 24 heavy (non-hydrogen) atoms. The van der Waals surface area contributed by atoms with Crippen LogP contribution in [0.2, 0.25) is 0 Å². The second kappa shape index (κ2) is 7.11. The Balaban J connectivity index is 1.58. The molecule has 126 valence electrons. The summed E-state index contributed by atoms with van der Waals surface area (Å²) in [6.45, 7) is 2.57. The molecule has 1 N–H and O–H groups in total. The van der Waals surface area contributed by atoms with E-state index in [2.05, 4.69) is 22.0 Å². The maximum absolute atomic E-state index is 12.4. The Kier molecular flexibility index (Phi) is 4.92. The third-order valence-electron chi connectivity index (χ3n) is 4.47. The van der Waals surface area contributed by atoms with Gasteiger partial charge < -0.3 is 10.0 Å². The molecule has 1 saturated heterocycles. The molecule has 1 aliphatic heterocycles. The molecule has 1 aromatic heterocycles. The predicted octanol–water partition coefficient (Wildman–Crippen LogP) is 1.79. The summed E-state index contributed by atoms with van der Waals surface area (Å²) in [5.74, 6) is -0.0904. The first kappa shape index (κ1) is 16.6. The Morgan fingerprint density at radius 2 is 1.96 bits per heavy atom. The molecule has 5 nitrogen and oxygen atoms in total. The molecule has 0 saturated carbocycles. The number of nitrogens with zero attached hydrogens (tertiary/aromatic N) is 3. The average molecular weight is 325 g/mol. The van der Waals surface area contributed by atoms with Gasteiger partial charge in [0.15, 0.2) is 0 Å². The monoisotopic (exact) mass is 325 g/mol. The Morgan fingerprint density at radius 3 is 2.67 bits per heavy atom. The summed E-state index contributed by atoms with van der Waals surface area (Å²) in [5, 5.41) is 10.9. The van der Waals surface area contributed by atoms with Crippen molar-refractivity contribution in [3.63, 3.8) is 0 Å². The Morgan fingerprint density at radius 1 is 1.25 bits per heavy atom. The molecule has 3 rings (SSSR count). The zero-order chi connectivity index (χ0) is 17.0. The van der Waals surface area contributed by atoms with E-state index in [0.29, 0.717) is 25.1 Å². The largest absolute Gasteiger partial charge is 0.387 e. The molecule has 0 aliphatic carbocycles. The summed E-state index contributed by atoms with van der Waals surface area (Å²) in [5.41, 5.74) is 0.977. The number of likely N-dealkylation sites (N-methyl/N-ethyl adjacent to an activating group) is 1. The van der Waals surface area contributed by atoms with Crippen molar-refractivity contribution in [1.29, 1.82) is 0 Å². The molecule has 2 aromatic rings. The average Bonchev–Trinajstić information content (AvgIpc) is 2.96. The van der Waals surface area contributed by atoms with Gasteiger partial charge in [-0.1, -0.05) is 30.3 Å². The second-order valence-corrected chi connectivity index (χ2v) is 6.57. The molecular formula is C19H23N3O2. The van der Waals surface area contributed by atoms with Crippen molar-refractivity contribution in [2.75, 3.05) is 26.7 Å². The van der Waals surface area contributed by atoms with Crippen molar-refractivity contribution in [2.24, 2.45) is 0 Å². The van der Waals surface area contributed by atoms with Gasteiger partial charge in [0.2, 0.25) is 0 Å². The Labute approximate surface area is 142 Å². The Bertz CT molecular complexity index is 678. The van der Waals surface area contributed by atoms with Crippen LogP contribution >= 0.6 is 0 Å². The van der Waals surface area contributed by atoms with Gasteiger partial charge in [-0.2, -0.15) is 0 Å². The van der Waals surface area contributed by atoms with Crippen molar-refractivity contribution < 1.29 is 9.90 Å². The van der Waals surface area contributed by atoms with Crippen LogP contribution in [0.1, 0.15) is 22.3 Å². The molecule has 0 bridgehead atoms. The molecule has 2 heterocycles. The van der Waals surface area contributed by atoms with E-state index in [1.165, 1.54) is 5.56 Å². The number of aromatic nitrogens is 1. The fourth-order valence-corrected chi connectivity index (χ4v) is 3.27. The minimum absolute atomic E-state index is 0.0904. The lowest BCUT2D eigenvalue weighted by atomic mass is 10.0. The van der Waals surface area contributed by atoms with Gasteiger partial charge in [0.05, 0.1) is 12.1 Å². The SMILES string of the molecule is CN(C[C@@]1(O)CCN(Cc2ccccc2)C1)C(=O)c1ccncc1. The minimum Gasteiger partial charge on any atom is -0.387 e. The highest BCUT2D eigenvalue weighted by Crippen LogP contribution is 2.24. The lowest BCUT2D eigenvalue weighted by Gasteiger charge is -2.29. The summed E-state index contributed by atoms with van der Waals surface area (Å²) in [6, 6.07) is 13.6. The van der Waals surface area contributed by atoms with Gasteiger partial charge in [-0.3, -0.25) is 14.7 Å². The number of likely N-dealkylation sites (tertiary alicyclic amines) is 1. The lowest BCUT2D eigenvalue weighted by molar-refractivity contribution is 0.0170. The minimum atomic E-state index is -0.855. The molecule has 1 amide bonds. The number of benzene rings is 1. The summed E-state index contributed by atoms with van der Waals surface area (Å²) < 4.78 is 0. The molecule has 1 aromatic carbocycles. The van der Waals surface area contributed by atoms with E-state index in [4.69, 9.17) is 0 Å². The van der Waals surface area contributed by atoms with Gasteiger partial charge in [0, 0.05) is 44.6 Å². The number of carbonyl (C=O) groups excluding carboxylic acids is 1. The summed E-state index contributed by atoms with van der Waals surface area (Å²) >= 11 is 0. The van der Waals surface area contributed by atoms with Crippen LogP contribution in [0, 0.1) is 0 Å². The van der Waals surface area contributed by atoms with Gasteiger partial charge >= 0.3 is 0 Å². The molecule has 0 radical (unpaired) electrons. The predicted molar refractivity (Wildman–Crippen MR) is 92.5 cm³/mol. The lowest BCUT2D eigenvalue weighted by Crippen LogP contribution is -2.45. The van der Waals surface area contributed by atoms with Crippen molar-refractivity contribution >= 4 is 5.91 Å². The molecular weight excluding hydrogens is 302 g/mol. The second-order valence-electron chi connectivity index (χ2n) is 6.57. The number of hydrogen-bond acceptors (Lipinski definition) is 4. The summed E-state index contributed by atoms with van der Waals surface area (Å²) in [6.07, 6.45) is 3.88. The first-order valence-corrected chi connectivity index (χ1v) is 8.20. The standard InChI is InChI=1S/C19H23N3O2/c1-21(18(23)17-7-10-20-11-8-17)14-19(24)9-12-22(15-19)13-16-5-3-2-4-6-16/h2-8,10-11,24H,9,12-15H2,1H3/t19-/m0/s1. The number of β-amino-alcohol motifs (C(OH)–C–C–N with tert-alkyl or cyclic N) is 1. The van der Waals surface area contributed by atoms with Gasteiger partial charge in [-0.05, 0) is 24.1 Å². The van der Waals surface area contributed by atoms with Crippen LogP contribution in [-0.2, 0) is 6.54 Å². The Hall–Kier alpha value is -2.24. The number of amides is 1. The van der Waals surface area contributed by atoms with Crippen LogP contribution in [0.5, 0.6) is 0 Å². The fraction of sp³-hybridized carbons (Fsp3) is 0.368. The summed E-state index contributed by atoms with van der Waals surface area (Å²) in [7, 11) is 1.74. The molecule has 1 fully saturated rings. The van der Waals surface area contributed by atoms with Gasteiger partial charge in [0.25, 0.3) is 5.91 Å². The van der Waals surface area contributed by atoms with Crippen LogP contribution in [0.4, 0.5) is 0 Å². The molecule has 5 heteroatoms. The van der Waals surface area contributed by atoms with Gasteiger partial charge in [-0.15, -0.1) is 0 Å². The van der Waals surface area contributed by atoms with Crippen LogP contribution in [-0.4, -0.2) is 58.1 Å².